The highest BCUT2D eigenvalue weighted by Gasteiger charge is 2.24. The number of benzene rings is 1. The van der Waals surface area contributed by atoms with E-state index in [1.165, 1.54) is 12.7 Å². The average molecular weight is 355 g/mol. The normalized spacial score (nSPS) is 13.8. The van der Waals surface area contributed by atoms with E-state index in [1.54, 1.807) is 0 Å². The Balaban J connectivity index is 1.67. The summed E-state index contributed by atoms with van der Waals surface area (Å²) in [5.41, 5.74) is 4.61. The first kappa shape index (κ1) is 18.2. The summed E-state index contributed by atoms with van der Waals surface area (Å²) in [5.74, 6) is -0.164. The van der Waals surface area contributed by atoms with E-state index in [9.17, 15) is 9.59 Å². The van der Waals surface area contributed by atoms with Crippen LogP contribution in [-0.4, -0.2) is 46.8 Å². The Labute approximate surface area is 153 Å². The lowest BCUT2D eigenvalue weighted by atomic mass is 10.0. The number of amides is 1. The van der Waals surface area contributed by atoms with Gasteiger partial charge in [-0.1, -0.05) is 30.3 Å². The quantitative estimate of drug-likeness (QED) is 0.773. The second-order valence-corrected chi connectivity index (χ2v) is 6.57. The average Bonchev–Trinajstić information content (AvgIpc) is 2.83. The largest absolute Gasteiger partial charge is 0.469 e. The zero-order chi connectivity index (χ0) is 18.5. The molecule has 1 amide bonds. The third kappa shape index (κ3) is 3.95. The topological polar surface area (TPSA) is 64.4 Å². The number of carbonyl (C=O) groups excluding carboxylic acids is 2. The molecule has 1 aromatic heterocycles. The minimum Gasteiger partial charge on any atom is -0.469 e. The lowest BCUT2D eigenvalue weighted by molar-refractivity contribution is -0.140. The van der Waals surface area contributed by atoms with E-state index in [2.05, 4.69) is 16.9 Å². The molecule has 0 bridgehead atoms. The lowest BCUT2D eigenvalue weighted by Crippen LogP contribution is -2.33. The summed E-state index contributed by atoms with van der Waals surface area (Å²) < 4.78 is 6.57. The molecule has 6 heteroatoms. The number of hydrogen-bond acceptors (Lipinski definition) is 4. The monoisotopic (exact) mass is 355 g/mol. The van der Waals surface area contributed by atoms with Crippen LogP contribution in [0.3, 0.4) is 0 Å². The standard InChI is InChI=1S/C20H25N3O3/c1-22-20(15-7-4-3-5-8-15)16-11-13-23(14-12-17(16)21-22)18(24)9-6-10-19(25)26-2/h3-5,7-8H,6,9-14H2,1-2H3. The van der Waals surface area contributed by atoms with Gasteiger partial charge in [-0.2, -0.15) is 5.10 Å². The van der Waals surface area contributed by atoms with Gasteiger partial charge in [-0.15, -0.1) is 0 Å². The number of aromatic nitrogens is 2. The molecule has 0 saturated carbocycles. The van der Waals surface area contributed by atoms with Crippen LogP contribution < -0.4 is 0 Å². The Morgan fingerprint density at radius 3 is 2.58 bits per heavy atom. The number of aryl methyl sites for hydroxylation is 1. The Hall–Kier alpha value is -2.63. The van der Waals surface area contributed by atoms with Gasteiger partial charge in [0.15, 0.2) is 0 Å². The zero-order valence-corrected chi connectivity index (χ0v) is 15.4. The smallest absolute Gasteiger partial charge is 0.305 e. The molecule has 0 aliphatic carbocycles. The maximum absolute atomic E-state index is 12.5. The Bertz CT molecular complexity index is 783. The molecule has 1 aromatic carbocycles. The van der Waals surface area contributed by atoms with Crippen molar-refractivity contribution in [2.24, 2.45) is 7.05 Å². The Morgan fingerprint density at radius 1 is 1.12 bits per heavy atom. The van der Waals surface area contributed by atoms with Crippen molar-refractivity contribution in [3.8, 4) is 11.3 Å². The van der Waals surface area contributed by atoms with Crippen LogP contribution in [0, 0.1) is 0 Å². The number of nitrogens with zero attached hydrogens (tertiary/aromatic N) is 3. The number of carbonyl (C=O) groups is 2. The number of rotatable bonds is 5. The van der Waals surface area contributed by atoms with Gasteiger partial charge in [-0.05, 0) is 12.8 Å². The summed E-state index contributed by atoms with van der Waals surface area (Å²) in [6.07, 6.45) is 2.77. The molecule has 1 aliphatic rings. The van der Waals surface area contributed by atoms with Crippen LogP contribution in [0.25, 0.3) is 11.3 Å². The van der Waals surface area contributed by atoms with Gasteiger partial charge in [-0.25, -0.2) is 0 Å². The molecule has 138 valence electrons. The van der Waals surface area contributed by atoms with E-state index < -0.39 is 0 Å². The van der Waals surface area contributed by atoms with Crippen LogP contribution in [0.2, 0.25) is 0 Å². The second-order valence-electron chi connectivity index (χ2n) is 6.57. The third-order valence-electron chi connectivity index (χ3n) is 4.88. The van der Waals surface area contributed by atoms with Crippen molar-refractivity contribution in [3.63, 3.8) is 0 Å². The summed E-state index contributed by atoms with van der Waals surface area (Å²) in [6.45, 7) is 1.37. The highest BCUT2D eigenvalue weighted by atomic mass is 16.5. The highest BCUT2D eigenvalue weighted by molar-refractivity contribution is 5.77. The molecular weight excluding hydrogens is 330 g/mol. The number of esters is 1. The van der Waals surface area contributed by atoms with E-state index >= 15 is 0 Å². The maximum atomic E-state index is 12.5. The molecule has 0 atom stereocenters. The molecule has 2 aromatic rings. The first-order valence-corrected chi connectivity index (χ1v) is 9.05. The SMILES string of the molecule is COC(=O)CCCC(=O)N1CCc2nn(C)c(-c3ccccc3)c2CC1. The molecule has 0 radical (unpaired) electrons. The van der Waals surface area contributed by atoms with E-state index in [0.717, 1.165) is 29.8 Å². The predicted molar refractivity (Wildman–Crippen MR) is 98.5 cm³/mol. The summed E-state index contributed by atoms with van der Waals surface area (Å²) >= 11 is 0. The first-order valence-electron chi connectivity index (χ1n) is 9.05. The molecular formula is C20H25N3O3. The molecule has 3 rings (SSSR count). The van der Waals surface area contributed by atoms with Gasteiger partial charge in [0.25, 0.3) is 0 Å². The molecule has 0 spiro atoms. The summed E-state index contributed by atoms with van der Waals surface area (Å²) in [7, 11) is 3.35. The summed E-state index contributed by atoms with van der Waals surface area (Å²) in [6, 6.07) is 10.3. The van der Waals surface area contributed by atoms with Crippen LogP contribution in [0.4, 0.5) is 0 Å². The molecule has 2 heterocycles. The van der Waals surface area contributed by atoms with E-state index in [0.29, 0.717) is 25.9 Å². The van der Waals surface area contributed by atoms with Gasteiger partial charge in [-0.3, -0.25) is 14.3 Å². The van der Waals surface area contributed by atoms with Crippen LogP contribution in [-0.2, 0) is 34.2 Å². The molecule has 26 heavy (non-hydrogen) atoms. The van der Waals surface area contributed by atoms with Crippen LogP contribution in [0.15, 0.2) is 30.3 Å². The lowest BCUT2D eigenvalue weighted by Gasteiger charge is -2.20. The minimum atomic E-state index is -0.266. The van der Waals surface area contributed by atoms with Crippen LogP contribution in [0.1, 0.15) is 30.5 Å². The number of hydrogen-bond donors (Lipinski definition) is 0. The summed E-state index contributed by atoms with van der Waals surface area (Å²) in [5, 5.41) is 4.70. The fourth-order valence-corrected chi connectivity index (χ4v) is 3.54. The Kier molecular flexibility index (Phi) is 5.71. The van der Waals surface area contributed by atoms with Crippen LogP contribution >= 0.6 is 0 Å². The number of ether oxygens (including phenoxy) is 1. The van der Waals surface area contributed by atoms with E-state index in [-0.39, 0.29) is 18.3 Å². The first-order chi connectivity index (χ1) is 12.6. The molecule has 1 aliphatic heterocycles. The van der Waals surface area contributed by atoms with E-state index in [1.807, 2.05) is 34.8 Å². The van der Waals surface area contributed by atoms with Crippen LogP contribution in [0.5, 0.6) is 0 Å². The third-order valence-corrected chi connectivity index (χ3v) is 4.88. The fraction of sp³-hybridized carbons (Fsp3) is 0.450. The summed E-state index contributed by atoms with van der Waals surface area (Å²) in [4.78, 5) is 25.5. The van der Waals surface area contributed by atoms with Gasteiger partial charge < -0.3 is 9.64 Å². The number of fused-ring (bicyclic) bond motifs is 1. The highest BCUT2D eigenvalue weighted by Crippen LogP contribution is 2.28. The zero-order valence-electron chi connectivity index (χ0n) is 15.4. The molecule has 6 nitrogen and oxygen atoms in total. The van der Waals surface area contributed by atoms with Crippen molar-refractivity contribution >= 4 is 11.9 Å². The van der Waals surface area contributed by atoms with Crippen molar-refractivity contribution in [2.45, 2.75) is 32.1 Å². The Morgan fingerprint density at radius 2 is 1.85 bits per heavy atom. The van der Waals surface area contributed by atoms with Gasteiger partial charge in [0.1, 0.15) is 0 Å². The van der Waals surface area contributed by atoms with Gasteiger partial charge in [0, 0.05) is 50.5 Å². The van der Waals surface area contributed by atoms with E-state index in [4.69, 9.17) is 5.10 Å². The fourth-order valence-electron chi connectivity index (χ4n) is 3.54. The van der Waals surface area contributed by atoms with Crippen molar-refractivity contribution in [3.05, 3.63) is 41.6 Å². The maximum Gasteiger partial charge on any atom is 0.305 e. The molecule has 0 unspecified atom stereocenters. The van der Waals surface area contributed by atoms with Crippen molar-refractivity contribution in [1.29, 1.82) is 0 Å². The van der Waals surface area contributed by atoms with Gasteiger partial charge >= 0.3 is 5.97 Å². The predicted octanol–water partition coefficient (Wildman–Crippen LogP) is 2.36. The van der Waals surface area contributed by atoms with Crippen molar-refractivity contribution in [2.75, 3.05) is 20.2 Å². The number of methoxy groups -OCH3 is 1. The molecule has 0 N–H and O–H groups in total. The second kappa shape index (κ2) is 8.17. The van der Waals surface area contributed by atoms with Gasteiger partial charge in [0.05, 0.1) is 18.5 Å². The molecule has 0 fully saturated rings. The molecule has 0 saturated heterocycles. The van der Waals surface area contributed by atoms with Crippen molar-refractivity contribution in [1.82, 2.24) is 14.7 Å². The minimum absolute atomic E-state index is 0.102. The van der Waals surface area contributed by atoms with Crippen molar-refractivity contribution < 1.29 is 14.3 Å². The van der Waals surface area contributed by atoms with Gasteiger partial charge in [0.2, 0.25) is 5.91 Å².